The Morgan fingerprint density at radius 2 is 1.69 bits per heavy atom. The topological polar surface area (TPSA) is 29.3 Å². The minimum Gasteiger partial charge on any atom is -0.327 e. The van der Waals surface area contributed by atoms with E-state index in [1.807, 2.05) is 0 Å². The van der Waals surface area contributed by atoms with Gasteiger partial charge in [-0.05, 0) is 30.2 Å². The third-order valence-electron chi connectivity index (χ3n) is 4.23. The fourth-order valence-corrected chi connectivity index (χ4v) is 3.33. The van der Waals surface area contributed by atoms with Crippen LogP contribution in [0.4, 0.5) is 0 Å². The Bertz CT molecular complexity index is 335. The van der Waals surface area contributed by atoms with Gasteiger partial charge in [-0.2, -0.15) is 0 Å². The normalized spacial score (nSPS) is 34.2. The zero-order valence-corrected chi connectivity index (χ0v) is 9.68. The molecule has 2 heteroatoms. The number of rotatable bonds is 2. The Hall–Kier alpha value is -0.860. The summed E-state index contributed by atoms with van der Waals surface area (Å²) in [6, 6.07) is 11.2. The third kappa shape index (κ3) is 1.87. The predicted molar refractivity (Wildman–Crippen MR) is 65.9 cm³/mol. The minimum atomic E-state index is 0.479. The monoisotopic (exact) mass is 216 g/mol. The average molecular weight is 216 g/mol. The van der Waals surface area contributed by atoms with Crippen LogP contribution in [0.15, 0.2) is 30.3 Å². The number of hydrogen-bond acceptors (Lipinski definition) is 2. The zero-order chi connectivity index (χ0) is 11.0. The Kier molecular flexibility index (Phi) is 2.70. The van der Waals surface area contributed by atoms with Crippen molar-refractivity contribution in [3.63, 3.8) is 0 Å². The van der Waals surface area contributed by atoms with Crippen molar-refractivity contribution in [2.24, 2.45) is 17.6 Å². The molecular formula is C14H20N2. The van der Waals surface area contributed by atoms with E-state index in [2.05, 4.69) is 35.2 Å². The molecule has 1 aliphatic heterocycles. The van der Waals surface area contributed by atoms with E-state index in [9.17, 15) is 0 Å². The van der Waals surface area contributed by atoms with Crippen molar-refractivity contribution in [2.75, 3.05) is 13.1 Å². The van der Waals surface area contributed by atoms with E-state index in [-0.39, 0.29) is 0 Å². The summed E-state index contributed by atoms with van der Waals surface area (Å²) in [6.07, 6.45) is 2.69. The Morgan fingerprint density at radius 1 is 1.06 bits per heavy atom. The van der Waals surface area contributed by atoms with Gasteiger partial charge in [-0.1, -0.05) is 30.3 Å². The van der Waals surface area contributed by atoms with Gasteiger partial charge in [-0.3, -0.25) is 4.90 Å². The van der Waals surface area contributed by atoms with Crippen LogP contribution in [0.5, 0.6) is 0 Å². The third-order valence-corrected chi connectivity index (χ3v) is 4.23. The van der Waals surface area contributed by atoms with E-state index in [1.165, 1.54) is 31.5 Å². The average Bonchev–Trinajstić information content (AvgIpc) is 2.54. The molecule has 2 nitrogen and oxygen atoms in total. The molecule has 3 atom stereocenters. The van der Waals surface area contributed by atoms with Crippen molar-refractivity contribution >= 4 is 0 Å². The fourth-order valence-electron chi connectivity index (χ4n) is 3.33. The number of hydrogen-bond donors (Lipinski definition) is 1. The maximum atomic E-state index is 6.21. The van der Waals surface area contributed by atoms with Crippen LogP contribution in [-0.4, -0.2) is 24.0 Å². The SMILES string of the molecule is N[C@H]1[C@@H]2CC[C@H]1CN(Cc1ccccc1)C2. The first kappa shape index (κ1) is 10.3. The molecule has 2 N–H and O–H groups in total. The van der Waals surface area contributed by atoms with Gasteiger partial charge in [0.05, 0.1) is 0 Å². The second-order valence-corrected chi connectivity index (χ2v) is 5.35. The molecule has 1 aliphatic carbocycles. The summed E-state index contributed by atoms with van der Waals surface area (Å²) in [7, 11) is 0. The van der Waals surface area contributed by atoms with Gasteiger partial charge in [0.25, 0.3) is 0 Å². The Labute approximate surface area is 97.4 Å². The van der Waals surface area contributed by atoms with E-state index < -0.39 is 0 Å². The molecule has 16 heavy (non-hydrogen) atoms. The van der Waals surface area contributed by atoms with Crippen LogP contribution in [0.2, 0.25) is 0 Å². The highest BCUT2D eigenvalue weighted by Crippen LogP contribution is 2.35. The number of benzene rings is 1. The van der Waals surface area contributed by atoms with Gasteiger partial charge in [0.1, 0.15) is 0 Å². The molecule has 86 valence electrons. The summed E-state index contributed by atoms with van der Waals surface area (Å²) in [4.78, 5) is 2.58. The van der Waals surface area contributed by atoms with Crippen molar-refractivity contribution < 1.29 is 0 Å². The van der Waals surface area contributed by atoms with E-state index >= 15 is 0 Å². The van der Waals surface area contributed by atoms with Crippen LogP contribution in [0.3, 0.4) is 0 Å². The van der Waals surface area contributed by atoms with Crippen molar-refractivity contribution in [1.29, 1.82) is 0 Å². The summed E-state index contributed by atoms with van der Waals surface area (Å²) in [5, 5.41) is 0. The van der Waals surface area contributed by atoms with Crippen molar-refractivity contribution in [3.05, 3.63) is 35.9 Å². The van der Waals surface area contributed by atoms with Gasteiger partial charge in [0.2, 0.25) is 0 Å². The first-order chi connectivity index (χ1) is 7.83. The second-order valence-electron chi connectivity index (χ2n) is 5.35. The highest BCUT2D eigenvalue weighted by atomic mass is 15.2. The molecule has 1 aromatic rings. The first-order valence-electron chi connectivity index (χ1n) is 6.35. The minimum absolute atomic E-state index is 0.479. The van der Waals surface area contributed by atoms with Crippen molar-refractivity contribution in [1.82, 2.24) is 4.90 Å². The predicted octanol–water partition coefficient (Wildman–Crippen LogP) is 1.86. The first-order valence-corrected chi connectivity index (χ1v) is 6.35. The van der Waals surface area contributed by atoms with Gasteiger partial charge in [-0.15, -0.1) is 0 Å². The molecule has 1 aromatic carbocycles. The molecule has 2 aliphatic rings. The van der Waals surface area contributed by atoms with Gasteiger partial charge < -0.3 is 5.73 Å². The summed E-state index contributed by atoms with van der Waals surface area (Å²) >= 11 is 0. The van der Waals surface area contributed by atoms with Crippen LogP contribution < -0.4 is 5.73 Å². The maximum Gasteiger partial charge on any atom is 0.0233 e. The fraction of sp³-hybridized carbons (Fsp3) is 0.571. The maximum absolute atomic E-state index is 6.21. The van der Waals surface area contributed by atoms with Gasteiger partial charge >= 0.3 is 0 Å². The van der Waals surface area contributed by atoms with Crippen LogP contribution in [0.25, 0.3) is 0 Å². The summed E-state index contributed by atoms with van der Waals surface area (Å²) < 4.78 is 0. The summed E-state index contributed by atoms with van der Waals surface area (Å²) in [5.74, 6) is 1.50. The largest absolute Gasteiger partial charge is 0.327 e. The number of piperidine rings is 1. The van der Waals surface area contributed by atoms with Gasteiger partial charge in [0, 0.05) is 25.7 Å². The Morgan fingerprint density at radius 3 is 2.31 bits per heavy atom. The number of nitrogens with two attached hydrogens (primary N) is 1. The molecule has 0 amide bonds. The smallest absolute Gasteiger partial charge is 0.0233 e. The standard InChI is InChI=1S/C14H20N2/c15-14-12-6-7-13(14)10-16(9-12)8-11-4-2-1-3-5-11/h1-5,12-14H,6-10,15H2/t12-,13+,14+. The second kappa shape index (κ2) is 4.19. The quantitative estimate of drug-likeness (QED) is 0.817. The van der Waals surface area contributed by atoms with E-state index in [1.54, 1.807) is 0 Å². The number of fused-ring (bicyclic) bond motifs is 2. The lowest BCUT2D eigenvalue weighted by Crippen LogP contribution is -2.48. The molecule has 2 fully saturated rings. The van der Waals surface area contributed by atoms with Crippen LogP contribution in [0, 0.1) is 11.8 Å². The Balaban J connectivity index is 1.66. The van der Waals surface area contributed by atoms with Gasteiger partial charge in [-0.25, -0.2) is 0 Å². The summed E-state index contributed by atoms with van der Waals surface area (Å²) in [5.41, 5.74) is 7.64. The van der Waals surface area contributed by atoms with Crippen LogP contribution in [0.1, 0.15) is 18.4 Å². The zero-order valence-electron chi connectivity index (χ0n) is 9.68. The summed E-state index contributed by atoms with van der Waals surface area (Å²) in [6.45, 7) is 3.50. The highest BCUT2D eigenvalue weighted by Gasteiger charge is 2.39. The van der Waals surface area contributed by atoms with Crippen molar-refractivity contribution in [2.45, 2.75) is 25.4 Å². The number of likely N-dealkylation sites (tertiary alicyclic amines) is 1. The lowest BCUT2D eigenvalue weighted by molar-refractivity contribution is 0.140. The molecule has 1 heterocycles. The molecule has 1 saturated carbocycles. The van der Waals surface area contributed by atoms with Gasteiger partial charge in [0.15, 0.2) is 0 Å². The molecule has 0 aromatic heterocycles. The molecule has 3 rings (SSSR count). The van der Waals surface area contributed by atoms with Crippen LogP contribution >= 0.6 is 0 Å². The lowest BCUT2D eigenvalue weighted by atomic mass is 9.93. The molecule has 0 unspecified atom stereocenters. The molecule has 0 spiro atoms. The van der Waals surface area contributed by atoms with Crippen LogP contribution in [-0.2, 0) is 6.54 Å². The lowest BCUT2D eigenvalue weighted by Gasteiger charge is -2.36. The van der Waals surface area contributed by atoms with E-state index in [0.717, 1.165) is 18.4 Å². The van der Waals surface area contributed by atoms with Crippen molar-refractivity contribution in [3.8, 4) is 0 Å². The molecule has 0 radical (unpaired) electrons. The molecular weight excluding hydrogens is 196 g/mol. The highest BCUT2D eigenvalue weighted by molar-refractivity contribution is 5.14. The molecule has 2 bridgehead atoms. The molecule has 1 saturated heterocycles. The number of nitrogens with zero attached hydrogens (tertiary/aromatic N) is 1. The van der Waals surface area contributed by atoms with E-state index in [0.29, 0.717) is 6.04 Å². The van der Waals surface area contributed by atoms with E-state index in [4.69, 9.17) is 5.73 Å².